The highest BCUT2D eigenvalue weighted by molar-refractivity contribution is 4.96. The molecule has 1 saturated carbocycles. The Morgan fingerprint density at radius 2 is 2.00 bits per heavy atom. The SMILES string of the molecule is CCCCN1CC2(CCCCC2)NCCC1C. The number of nitrogens with zero attached hydrogens (tertiary/aromatic N) is 1. The van der Waals surface area contributed by atoms with Gasteiger partial charge >= 0.3 is 0 Å². The number of unbranched alkanes of at least 4 members (excludes halogenated alkanes) is 1. The summed E-state index contributed by atoms with van der Waals surface area (Å²) in [4.78, 5) is 2.76. The Kier molecular flexibility index (Phi) is 4.87. The molecule has 2 heteroatoms. The van der Waals surface area contributed by atoms with Crippen LogP contribution in [0.5, 0.6) is 0 Å². The van der Waals surface area contributed by atoms with E-state index in [1.165, 1.54) is 71.0 Å². The van der Waals surface area contributed by atoms with Gasteiger partial charge in [0, 0.05) is 18.1 Å². The first-order valence-electron chi connectivity index (χ1n) is 7.75. The van der Waals surface area contributed by atoms with Crippen LogP contribution < -0.4 is 5.32 Å². The van der Waals surface area contributed by atoms with Crippen molar-refractivity contribution in [3.05, 3.63) is 0 Å². The molecule has 1 aliphatic carbocycles. The molecule has 0 aromatic carbocycles. The van der Waals surface area contributed by atoms with Gasteiger partial charge in [-0.15, -0.1) is 0 Å². The number of hydrogen-bond donors (Lipinski definition) is 1. The van der Waals surface area contributed by atoms with Crippen LogP contribution in [-0.4, -0.2) is 36.1 Å². The minimum atomic E-state index is 0.469. The third-order valence-electron chi connectivity index (χ3n) is 4.80. The highest BCUT2D eigenvalue weighted by Gasteiger charge is 2.36. The fourth-order valence-corrected chi connectivity index (χ4v) is 3.55. The Balaban J connectivity index is 1.98. The highest BCUT2D eigenvalue weighted by Crippen LogP contribution is 2.31. The van der Waals surface area contributed by atoms with Crippen molar-refractivity contribution < 1.29 is 0 Å². The predicted molar refractivity (Wildman–Crippen MR) is 74.4 cm³/mol. The Morgan fingerprint density at radius 3 is 2.71 bits per heavy atom. The monoisotopic (exact) mass is 238 g/mol. The van der Waals surface area contributed by atoms with Gasteiger partial charge in [0.05, 0.1) is 0 Å². The molecule has 1 N–H and O–H groups in total. The predicted octanol–water partition coefficient (Wildman–Crippen LogP) is 3.17. The minimum Gasteiger partial charge on any atom is -0.310 e. The van der Waals surface area contributed by atoms with Gasteiger partial charge in [-0.25, -0.2) is 0 Å². The van der Waals surface area contributed by atoms with E-state index < -0.39 is 0 Å². The maximum absolute atomic E-state index is 3.89. The van der Waals surface area contributed by atoms with Crippen LogP contribution in [0.15, 0.2) is 0 Å². The first-order valence-corrected chi connectivity index (χ1v) is 7.75. The summed E-state index contributed by atoms with van der Waals surface area (Å²) in [5.74, 6) is 0. The summed E-state index contributed by atoms with van der Waals surface area (Å²) in [5.41, 5.74) is 0.469. The number of rotatable bonds is 3. The molecule has 0 bridgehead atoms. The van der Waals surface area contributed by atoms with Crippen molar-refractivity contribution in [2.24, 2.45) is 0 Å². The summed E-state index contributed by atoms with van der Waals surface area (Å²) in [5, 5.41) is 3.89. The van der Waals surface area contributed by atoms with Gasteiger partial charge in [-0.05, 0) is 45.7 Å². The lowest BCUT2D eigenvalue weighted by Gasteiger charge is -2.41. The normalized spacial score (nSPS) is 30.4. The van der Waals surface area contributed by atoms with E-state index in [4.69, 9.17) is 0 Å². The molecule has 17 heavy (non-hydrogen) atoms. The molecular weight excluding hydrogens is 208 g/mol. The van der Waals surface area contributed by atoms with Crippen molar-refractivity contribution in [2.75, 3.05) is 19.6 Å². The van der Waals surface area contributed by atoms with Crippen molar-refractivity contribution in [2.45, 2.75) is 76.8 Å². The Labute approximate surface area is 107 Å². The van der Waals surface area contributed by atoms with Crippen molar-refractivity contribution >= 4 is 0 Å². The van der Waals surface area contributed by atoms with Crippen LogP contribution in [0.25, 0.3) is 0 Å². The first kappa shape index (κ1) is 13.4. The fraction of sp³-hybridized carbons (Fsp3) is 1.00. The molecular formula is C15H30N2. The molecule has 2 aliphatic rings. The van der Waals surface area contributed by atoms with E-state index in [0.717, 1.165) is 6.04 Å². The van der Waals surface area contributed by atoms with Gasteiger partial charge in [-0.3, -0.25) is 4.90 Å². The number of hydrogen-bond acceptors (Lipinski definition) is 2. The van der Waals surface area contributed by atoms with Gasteiger partial charge in [-0.2, -0.15) is 0 Å². The van der Waals surface area contributed by atoms with Gasteiger partial charge in [0.1, 0.15) is 0 Å². The topological polar surface area (TPSA) is 15.3 Å². The molecule has 0 aromatic rings. The zero-order chi connectivity index (χ0) is 12.1. The second-order valence-corrected chi connectivity index (χ2v) is 6.23. The summed E-state index contributed by atoms with van der Waals surface area (Å²) < 4.78 is 0. The second-order valence-electron chi connectivity index (χ2n) is 6.23. The molecule has 1 heterocycles. The van der Waals surface area contributed by atoms with Crippen LogP contribution in [0.3, 0.4) is 0 Å². The van der Waals surface area contributed by atoms with Crippen LogP contribution >= 0.6 is 0 Å². The molecule has 0 amide bonds. The summed E-state index contributed by atoms with van der Waals surface area (Å²) in [6.45, 7) is 8.55. The maximum atomic E-state index is 3.89. The molecule has 2 fully saturated rings. The lowest BCUT2D eigenvalue weighted by atomic mass is 9.81. The van der Waals surface area contributed by atoms with E-state index in [0.29, 0.717) is 5.54 Å². The van der Waals surface area contributed by atoms with E-state index >= 15 is 0 Å². The first-order chi connectivity index (χ1) is 8.26. The third-order valence-corrected chi connectivity index (χ3v) is 4.80. The number of nitrogens with one attached hydrogen (secondary N) is 1. The highest BCUT2D eigenvalue weighted by atomic mass is 15.2. The summed E-state index contributed by atoms with van der Waals surface area (Å²) in [6, 6.07) is 0.773. The van der Waals surface area contributed by atoms with Crippen LogP contribution in [0.4, 0.5) is 0 Å². The molecule has 1 aliphatic heterocycles. The van der Waals surface area contributed by atoms with E-state index in [-0.39, 0.29) is 0 Å². The maximum Gasteiger partial charge on any atom is 0.0308 e. The van der Waals surface area contributed by atoms with Gasteiger partial charge in [-0.1, -0.05) is 32.6 Å². The van der Waals surface area contributed by atoms with Crippen LogP contribution in [0, 0.1) is 0 Å². The summed E-state index contributed by atoms with van der Waals surface area (Å²) >= 11 is 0. The molecule has 0 aromatic heterocycles. The molecule has 2 nitrogen and oxygen atoms in total. The van der Waals surface area contributed by atoms with Crippen molar-refractivity contribution in [1.29, 1.82) is 0 Å². The molecule has 1 atom stereocenters. The van der Waals surface area contributed by atoms with Crippen molar-refractivity contribution in [3.63, 3.8) is 0 Å². The third kappa shape index (κ3) is 3.45. The fourth-order valence-electron chi connectivity index (χ4n) is 3.55. The Morgan fingerprint density at radius 1 is 1.24 bits per heavy atom. The molecule has 1 saturated heterocycles. The Hall–Kier alpha value is -0.0800. The van der Waals surface area contributed by atoms with Crippen LogP contribution in [0.1, 0.15) is 65.2 Å². The van der Waals surface area contributed by atoms with E-state index in [1.807, 2.05) is 0 Å². The van der Waals surface area contributed by atoms with Gasteiger partial charge in [0.15, 0.2) is 0 Å². The van der Waals surface area contributed by atoms with Gasteiger partial charge in [0.25, 0.3) is 0 Å². The van der Waals surface area contributed by atoms with E-state index in [1.54, 1.807) is 0 Å². The standard InChI is InChI=1S/C15H30N2/c1-3-4-12-17-13-15(9-6-5-7-10-15)16-11-8-14(17)2/h14,16H,3-13H2,1-2H3. The van der Waals surface area contributed by atoms with Gasteiger partial charge in [0.2, 0.25) is 0 Å². The lowest BCUT2D eigenvalue weighted by molar-refractivity contribution is 0.136. The molecule has 1 spiro atoms. The summed E-state index contributed by atoms with van der Waals surface area (Å²) in [7, 11) is 0. The van der Waals surface area contributed by atoms with E-state index in [2.05, 4.69) is 24.1 Å². The van der Waals surface area contributed by atoms with Crippen molar-refractivity contribution in [1.82, 2.24) is 10.2 Å². The zero-order valence-corrected chi connectivity index (χ0v) is 11.8. The second kappa shape index (κ2) is 6.19. The average molecular weight is 238 g/mol. The van der Waals surface area contributed by atoms with Crippen molar-refractivity contribution in [3.8, 4) is 0 Å². The molecule has 1 unspecified atom stereocenters. The quantitative estimate of drug-likeness (QED) is 0.812. The average Bonchev–Trinajstić information content (AvgIpc) is 2.48. The molecule has 2 rings (SSSR count). The Bertz CT molecular complexity index is 221. The van der Waals surface area contributed by atoms with Crippen LogP contribution in [-0.2, 0) is 0 Å². The largest absolute Gasteiger partial charge is 0.310 e. The lowest BCUT2D eigenvalue weighted by Crippen LogP contribution is -2.53. The summed E-state index contributed by atoms with van der Waals surface area (Å²) in [6.07, 6.45) is 11.1. The smallest absolute Gasteiger partial charge is 0.0308 e. The minimum absolute atomic E-state index is 0.469. The molecule has 0 radical (unpaired) electrons. The van der Waals surface area contributed by atoms with Gasteiger partial charge < -0.3 is 5.32 Å². The van der Waals surface area contributed by atoms with E-state index in [9.17, 15) is 0 Å². The molecule has 100 valence electrons. The van der Waals surface area contributed by atoms with Crippen LogP contribution in [0.2, 0.25) is 0 Å². The zero-order valence-electron chi connectivity index (χ0n) is 11.8.